The summed E-state index contributed by atoms with van der Waals surface area (Å²) in [5.41, 5.74) is 6.78. The zero-order valence-electron chi connectivity index (χ0n) is 15.5. The molecule has 0 radical (unpaired) electrons. The van der Waals surface area contributed by atoms with E-state index in [2.05, 4.69) is 22.7 Å². The van der Waals surface area contributed by atoms with Crippen molar-refractivity contribution < 1.29 is 4.79 Å². The Kier molecular flexibility index (Phi) is 5.43. The van der Waals surface area contributed by atoms with Gasteiger partial charge in [-0.1, -0.05) is 97.1 Å². The predicted octanol–water partition coefficient (Wildman–Crippen LogP) is 5.02. The summed E-state index contributed by atoms with van der Waals surface area (Å²) in [6.07, 6.45) is 4.82. The lowest BCUT2D eigenvalue weighted by Gasteiger charge is -2.04. The fraction of sp³-hybridized carbons (Fsp3) is 0.120. The van der Waals surface area contributed by atoms with Crippen LogP contribution in [0.5, 0.6) is 0 Å². The molecule has 1 aliphatic carbocycles. The first-order valence-electron chi connectivity index (χ1n) is 9.52. The minimum absolute atomic E-state index is 0.00118. The highest BCUT2D eigenvalue weighted by Crippen LogP contribution is 2.47. The number of hydrogen-bond donors (Lipinski definition) is 1. The Morgan fingerprint density at radius 1 is 0.857 bits per heavy atom. The summed E-state index contributed by atoms with van der Waals surface area (Å²) >= 11 is 0. The number of nitrogens with zero attached hydrogens (tertiary/aromatic N) is 1. The van der Waals surface area contributed by atoms with Gasteiger partial charge in [-0.2, -0.15) is 5.10 Å². The van der Waals surface area contributed by atoms with Crippen LogP contribution < -0.4 is 5.43 Å². The quantitative estimate of drug-likeness (QED) is 0.483. The average Bonchev–Trinajstić information content (AvgIpc) is 3.57. The first-order valence-corrected chi connectivity index (χ1v) is 9.52. The molecule has 3 aromatic carbocycles. The molecule has 28 heavy (non-hydrogen) atoms. The van der Waals surface area contributed by atoms with E-state index in [1.165, 1.54) is 5.56 Å². The van der Waals surface area contributed by atoms with Crippen molar-refractivity contribution >= 4 is 17.7 Å². The summed E-state index contributed by atoms with van der Waals surface area (Å²) in [5.74, 6) is 0.285. The van der Waals surface area contributed by atoms with Crippen LogP contribution in [0.3, 0.4) is 0 Å². The van der Waals surface area contributed by atoms with E-state index >= 15 is 0 Å². The average molecular weight is 366 g/mol. The molecule has 0 spiro atoms. The van der Waals surface area contributed by atoms with Gasteiger partial charge < -0.3 is 0 Å². The third kappa shape index (κ3) is 4.44. The number of allylic oxidation sites excluding steroid dienone is 1. The molecule has 0 saturated heterocycles. The van der Waals surface area contributed by atoms with Gasteiger partial charge in [-0.3, -0.25) is 4.79 Å². The molecule has 0 aliphatic heterocycles. The number of hydrazone groups is 1. The fourth-order valence-electron chi connectivity index (χ4n) is 3.30. The molecule has 3 nitrogen and oxygen atoms in total. The molecule has 2 unspecified atom stereocenters. The maximum absolute atomic E-state index is 12.6. The van der Waals surface area contributed by atoms with Crippen LogP contribution in [0.25, 0.3) is 6.08 Å². The molecule has 1 aliphatic rings. The number of amides is 1. The number of rotatable bonds is 6. The topological polar surface area (TPSA) is 41.5 Å². The molecule has 1 fully saturated rings. The number of nitrogens with one attached hydrogen (secondary N) is 1. The Hall–Kier alpha value is -3.46. The SMILES string of the molecule is O=C(N/N=C(/C=C/c1ccccc1)c1ccccc1)C1CC1c1ccccc1. The van der Waals surface area contributed by atoms with E-state index in [0.29, 0.717) is 5.92 Å². The van der Waals surface area contributed by atoms with Crippen LogP contribution in [0.15, 0.2) is 102 Å². The Balaban J connectivity index is 1.48. The highest BCUT2D eigenvalue weighted by molar-refractivity contribution is 6.11. The van der Waals surface area contributed by atoms with Crippen LogP contribution in [-0.4, -0.2) is 11.6 Å². The maximum Gasteiger partial charge on any atom is 0.243 e. The zero-order valence-corrected chi connectivity index (χ0v) is 15.5. The first-order chi connectivity index (χ1) is 13.8. The molecular weight excluding hydrogens is 344 g/mol. The number of carbonyl (C=O) groups is 1. The van der Waals surface area contributed by atoms with Gasteiger partial charge in [0, 0.05) is 11.5 Å². The fourth-order valence-corrected chi connectivity index (χ4v) is 3.30. The highest BCUT2D eigenvalue weighted by Gasteiger charge is 2.43. The largest absolute Gasteiger partial charge is 0.273 e. The van der Waals surface area contributed by atoms with Crippen LogP contribution in [0.4, 0.5) is 0 Å². The molecule has 2 atom stereocenters. The maximum atomic E-state index is 12.6. The second kappa shape index (κ2) is 8.49. The van der Waals surface area contributed by atoms with E-state index in [1.54, 1.807) is 0 Å². The van der Waals surface area contributed by atoms with Crippen molar-refractivity contribution in [2.45, 2.75) is 12.3 Å². The van der Waals surface area contributed by atoms with Crippen molar-refractivity contribution in [3.05, 3.63) is 114 Å². The van der Waals surface area contributed by atoms with E-state index in [-0.39, 0.29) is 11.8 Å². The normalized spacial score (nSPS) is 18.8. The van der Waals surface area contributed by atoms with Crippen molar-refractivity contribution in [3.63, 3.8) is 0 Å². The summed E-state index contributed by atoms with van der Waals surface area (Å²) in [6.45, 7) is 0. The van der Waals surface area contributed by atoms with Crippen molar-refractivity contribution in [1.82, 2.24) is 5.43 Å². The lowest BCUT2D eigenvalue weighted by atomic mass is 10.1. The van der Waals surface area contributed by atoms with Crippen molar-refractivity contribution in [2.75, 3.05) is 0 Å². The minimum Gasteiger partial charge on any atom is -0.273 e. The number of benzene rings is 3. The van der Waals surface area contributed by atoms with Gasteiger partial charge in [0.2, 0.25) is 5.91 Å². The first kappa shape index (κ1) is 17.9. The number of hydrogen-bond acceptors (Lipinski definition) is 2. The van der Waals surface area contributed by atoms with Gasteiger partial charge in [-0.25, -0.2) is 5.43 Å². The van der Waals surface area contributed by atoms with Crippen LogP contribution in [0.2, 0.25) is 0 Å². The van der Waals surface area contributed by atoms with E-state index in [9.17, 15) is 4.79 Å². The van der Waals surface area contributed by atoms with Gasteiger partial charge in [0.15, 0.2) is 0 Å². The Bertz CT molecular complexity index is 979. The Labute approximate surface area is 165 Å². The van der Waals surface area contributed by atoms with Crippen molar-refractivity contribution in [2.24, 2.45) is 11.0 Å². The Morgan fingerprint density at radius 2 is 1.46 bits per heavy atom. The van der Waals surface area contributed by atoms with Crippen LogP contribution in [0, 0.1) is 5.92 Å². The molecule has 1 N–H and O–H groups in total. The van der Waals surface area contributed by atoms with Gasteiger partial charge in [-0.05, 0) is 29.5 Å². The molecule has 3 aromatic rings. The van der Waals surface area contributed by atoms with Gasteiger partial charge in [-0.15, -0.1) is 0 Å². The molecule has 0 bridgehead atoms. The second-order valence-electron chi connectivity index (χ2n) is 6.94. The van der Waals surface area contributed by atoms with Gasteiger partial charge in [0.25, 0.3) is 0 Å². The molecular formula is C25H22N2O. The van der Waals surface area contributed by atoms with Crippen LogP contribution >= 0.6 is 0 Å². The molecule has 4 rings (SSSR count). The zero-order chi connectivity index (χ0) is 19.2. The summed E-state index contributed by atoms with van der Waals surface area (Å²) in [4.78, 5) is 12.6. The molecule has 1 amide bonds. The van der Waals surface area contributed by atoms with Crippen LogP contribution in [-0.2, 0) is 4.79 Å². The van der Waals surface area contributed by atoms with Gasteiger partial charge in [0.1, 0.15) is 0 Å². The van der Waals surface area contributed by atoms with Gasteiger partial charge >= 0.3 is 0 Å². The monoisotopic (exact) mass is 366 g/mol. The summed E-state index contributed by atoms with van der Waals surface area (Å²) < 4.78 is 0. The van der Waals surface area contributed by atoms with Crippen molar-refractivity contribution in [3.8, 4) is 0 Å². The summed E-state index contributed by atoms with van der Waals surface area (Å²) in [5, 5.41) is 4.43. The third-order valence-electron chi connectivity index (χ3n) is 4.94. The van der Waals surface area contributed by atoms with Crippen molar-refractivity contribution in [1.29, 1.82) is 0 Å². The molecule has 3 heteroatoms. The lowest BCUT2D eigenvalue weighted by molar-refractivity contribution is -0.122. The molecule has 1 saturated carbocycles. The number of carbonyl (C=O) groups excluding carboxylic acids is 1. The smallest absolute Gasteiger partial charge is 0.243 e. The Morgan fingerprint density at radius 3 is 2.14 bits per heavy atom. The summed E-state index contributed by atoms with van der Waals surface area (Å²) in [6, 6.07) is 30.1. The third-order valence-corrected chi connectivity index (χ3v) is 4.94. The molecule has 0 aromatic heterocycles. The summed E-state index contributed by atoms with van der Waals surface area (Å²) in [7, 11) is 0. The predicted molar refractivity (Wildman–Crippen MR) is 114 cm³/mol. The van der Waals surface area contributed by atoms with Crippen LogP contribution in [0.1, 0.15) is 29.0 Å². The van der Waals surface area contributed by atoms with E-state index in [1.807, 2.05) is 91.0 Å². The lowest BCUT2D eigenvalue weighted by Crippen LogP contribution is -2.21. The minimum atomic E-state index is -0.0182. The van der Waals surface area contributed by atoms with E-state index in [4.69, 9.17) is 0 Å². The van der Waals surface area contributed by atoms with E-state index in [0.717, 1.165) is 23.3 Å². The van der Waals surface area contributed by atoms with Gasteiger partial charge in [0.05, 0.1) is 5.71 Å². The standard InChI is InChI=1S/C25H22N2O/c28-25(23-18-22(23)20-12-6-2-7-13-20)27-26-24(21-14-8-3-9-15-21)17-16-19-10-4-1-5-11-19/h1-17,22-23H,18H2,(H,27,28)/b17-16+,26-24-. The second-order valence-corrected chi connectivity index (χ2v) is 6.94. The molecule has 138 valence electrons. The van der Waals surface area contributed by atoms with E-state index < -0.39 is 0 Å². The molecule has 0 heterocycles. The highest BCUT2D eigenvalue weighted by atomic mass is 16.2.